The smallest absolute Gasteiger partial charge is 0.0540 e. The van der Waals surface area contributed by atoms with Crippen LogP contribution in [-0.4, -0.2) is 0 Å². The quantitative estimate of drug-likeness (QED) is 0.157. The van der Waals surface area contributed by atoms with Gasteiger partial charge in [-0.25, -0.2) is 0 Å². The number of benzene rings is 10. The number of hydrogen-bond donors (Lipinski definition) is 0. The van der Waals surface area contributed by atoms with E-state index < -0.39 is 0 Å². The van der Waals surface area contributed by atoms with Crippen molar-refractivity contribution in [3.63, 3.8) is 0 Å². The van der Waals surface area contributed by atoms with Crippen LogP contribution in [0.2, 0.25) is 0 Å². The number of fused-ring (bicyclic) bond motifs is 5. The summed E-state index contributed by atoms with van der Waals surface area (Å²) in [5, 5.41) is 7.60. The highest BCUT2D eigenvalue weighted by atomic mass is 32.1. The fraction of sp³-hybridized carbons (Fsp3) is 0. The van der Waals surface area contributed by atoms with E-state index in [1.807, 2.05) is 11.3 Å². The number of rotatable bonds is 7. The Hall–Kier alpha value is -7.26. The first-order valence-electron chi connectivity index (χ1n) is 19.8. The van der Waals surface area contributed by atoms with Gasteiger partial charge in [-0.3, -0.25) is 0 Å². The number of thiophene rings is 1. The first kappa shape index (κ1) is 34.0. The second-order valence-corrected chi connectivity index (χ2v) is 15.9. The van der Waals surface area contributed by atoms with Gasteiger partial charge in [0, 0.05) is 37.1 Å². The lowest BCUT2D eigenvalue weighted by atomic mass is 9.91. The van der Waals surface area contributed by atoms with Gasteiger partial charge in [-0.2, -0.15) is 0 Å². The van der Waals surface area contributed by atoms with Gasteiger partial charge in [-0.05, 0) is 109 Å². The molecule has 0 amide bonds. The van der Waals surface area contributed by atoms with Gasteiger partial charge in [0.05, 0.1) is 5.69 Å². The van der Waals surface area contributed by atoms with Crippen molar-refractivity contribution in [1.29, 1.82) is 0 Å². The van der Waals surface area contributed by atoms with Crippen molar-refractivity contribution in [3.05, 3.63) is 224 Å². The summed E-state index contributed by atoms with van der Waals surface area (Å²) in [7, 11) is 0. The molecule has 0 atom stereocenters. The van der Waals surface area contributed by atoms with E-state index in [1.54, 1.807) is 0 Å². The molecule has 58 heavy (non-hydrogen) atoms. The summed E-state index contributed by atoms with van der Waals surface area (Å²) in [4.78, 5) is 2.43. The number of anilines is 3. The lowest BCUT2D eigenvalue weighted by Gasteiger charge is -2.28. The van der Waals surface area contributed by atoms with Gasteiger partial charge in [0.2, 0.25) is 0 Å². The molecule has 0 saturated heterocycles. The SMILES string of the molecule is c1cc(-c2ccccc2-c2cccc3ccccc23)cc(N(c2ccc(-c3cccc4ccccc34)cc2)c2ccccc2-c2ccc3sc4ccccc4c3c2)c1. The van der Waals surface area contributed by atoms with Crippen molar-refractivity contribution in [2.75, 3.05) is 4.90 Å². The maximum atomic E-state index is 2.43. The first-order valence-corrected chi connectivity index (χ1v) is 20.7. The monoisotopic (exact) mass is 755 g/mol. The minimum atomic E-state index is 1.10. The van der Waals surface area contributed by atoms with E-state index in [9.17, 15) is 0 Å². The van der Waals surface area contributed by atoms with Gasteiger partial charge in [0.15, 0.2) is 0 Å². The summed E-state index contributed by atoms with van der Waals surface area (Å²) in [6.07, 6.45) is 0. The molecule has 272 valence electrons. The van der Waals surface area contributed by atoms with Crippen molar-refractivity contribution in [3.8, 4) is 44.5 Å². The van der Waals surface area contributed by atoms with Crippen LogP contribution in [0.25, 0.3) is 86.2 Å². The third-order valence-electron chi connectivity index (χ3n) is 11.5. The number of hydrogen-bond acceptors (Lipinski definition) is 2. The predicted octanol–water partition coefficient (Wildman–Crippen LogP) is 16.5. The topological polar surface area (TPSA) is 3.24 Å². The Labute approximate surface area is 342 Å². The zero-order valence-corrected chi connectivity index (χ0v) is 32.5. The van der Waals surface area contributed by atoms with Crippen molar-refractivity contribution in [2.24, 2.45) is 0 Å². The molecule has 0 saturated carbocycles. The van der Waals surface area contributed by atoms with Gasteiger partial charge < -0.3 is 4.90 Å². The average molecular weight is 756 g/mol. The zero-order chi connectivity index (χ0) is 38.4. The molecule has 0 bridgehead atoms. The van der Waals surface area contributed by atoms with Crippen LogP contribution in [0.5, 0.6) is 0 Å². The molecule has 0 fully saturated rings. The van der Waals surface area contributed by atoms with Crippen LogP contribution in [0.4, 0.5) is 17.1 Å². The van der Waals surface area contributed by atoms with Crippen molar-refractivity contribution >= 4 is 70.1 Å². The largest absolute Gasteiger partial charge is 0.310 e. The van der Waals surface area contributed by atoms with Gasteiger partial charge in [0.25, 0.3) is 0 Å². The normalized spacial score (nSPS) is 11.4. The van der Waals surface area contributed by atoms with Crippen molar-refractivity contribution in [2.45, 2.75) is 0 Å². The molecular weight excluding hydrogens is 719 g/mol. The van der Waals surface area contributed by atoms with E-state index in [-0.39, 0.29) is 0 Å². The highest BCUT2D eigenvalue weighted by Gasteiger charge is 2.20. The second-order valence-electron chi connectivity index (χ2n) is 14.9. The summed E-state index contributed by atoms with van der Waals surface area (Å²) in [6.45, 7) is 0. The Kier molecular flexibility index (Phi) is 8.42. The van der Waals surface area contributed by atoms with Gasteiger partial charge in [0.1, 0.15) is 0 Å². The molecule has 0 aliphatic rings. The van der Waals surface area contributed by atoms with Crippen LogP contribution < -0.4 is 4.90 Å². The van der Waals surface area contributed by atoms with Crippen LogP contribution in [0.15, 0.2) is 224 Å². The molecule has 0 spiro atoms. The Balaban J connectivity index is 1.09. The molecule has 0 unspecified atom stereocenters. The third kappa shape index (κ3) is 5.94. The van der Waals surface area contributed by atoms with E-state index in [2.05, 4.69) is 229 Å². The summed E-state index contributed by atoms with van der Waals surface area (Å²) < 4.78 is 2.62. The van der Waals surface area contributed by atoms with E-state index in [1.165, 1.54) is 86.2 Å². The Morgan fingerprint density at radius 1 is 0.276 bits per heavy atom. The van der Waals surface area contributed by atoms with E-state index >= 15 is 0 Å². The van der Waals surface area contributed by atoms with E-state index in [4.69, 9.17) is 0 Å². The molecule has 0 aliphatic heterocycles. The molecule has 1 aromatic heterocycles. The summed E-state index contributed by atoms with van der Waals surface area (Å²) >= 11 is 1.86. The molecule has 1 nitrogen and oxygen atoms in total. The molecule has 0 radical (unpaired) electrons. The van der Waals surface area contributed by atoms with E-state index in [0.29, 0.717) is 0 Å². The standard InChI is InChI=1S/C56H37NS/c1-3-20-45-38(14-1)16-12-26-46(45)40-30-33-43(34-31-40)57(54-28-9-7-23-49(54)42-32-35-56-53(37-42)52-25-8-10-29-55(52)58-56)44-19-11-18-41(36-44)48-22-5-6-24-50(48)51-27-13-17-39-15-2-4-21-47(39)51/h1-37H. The zero-order valence-electron chi connectivity index (χ0n) is 31.7. The Bertz CT molecular complexity index is 3290. The minimum Gasteiger partial charge on any atom is -0.310 e. The van der Waals surface area contributed by atoms with E-state index in [0.717, 1.165) is 17.1 Å². The minimum absolute atomic E-state index is 1.10. The Morgan fingerprint density at radius 3 is 1.60 bits per heavy atom. The maximum Gasteiger partial charge on any atom is 0.0540 e. The van der Waals surface area contributed by atoms with Gasteiger partial charge in [-0.1, -0.05) is 176 Å². The Morgan fingerprint density at radius 2 is 0.810 bits per heavy atom. The highest BCUT2D eigenvalue weighted by Crippen LogP contribution is 2.45. The molecule has 2 heteroatoms. The predicted molar refractivity (Wildman–Crippen MR) is 251 cm³/mol. The summed E-state index contributed by atoms with van der Waals surface area (Å²) in [5.41, 5.74) is 13.0. The first-order chi connectivity index (χ1) is 28.8. The van der Waals surface area contributed by atoms with Crippen molar-refractivity contribution < 1.29 is 0 Å². The molecule has 10 aromatic carbocycles. The second kappa shape index (κ2) is 14.4. The van der Waals surface area contributed by atoms with Gasteiger partial charge in [-0.15, -0.1) is 11.3 Å². The molecule has 1 heterocycles. The average Bonchev–Trinajstić information content (AvgIpc) is 3.67. The summed E-state index contributed by atoms with van der Waals surface area (Å²) in [6, 6.07) is 82.0. The molecular formula is C56H37NS. The lowest BCUT2D eigenvalue weighted by molar-refractivity contribution is 1.28. The third-order valence-corrected chi connectivity index (χ3v) is 12.6. The maximum absolute atomic E-state index is 2.43. The summed E-state index contributed by atoms with van der Waals surface area (Å²) in [5.74, 6) is 0. The van der Waals surface area contributed by atoms with Crippen molar-refractivity contribution in [1.82, 2.24) is 0 Å². The number of nitrogens with zero attached hydrogens (tertiary/aromatic N) is 1. The van der Waals surface area contributed by atoms with Gasteiger partial charge >= 0.3 is 0 Å². The van der Waals surface area contributed by atoms with Crippen LogP contribution in [0, 0.1) is 0 Å². The van der Waals surface area contributed by atoms with Crippen LogP contribution >= 0.6 is 11.3 Å². The molecule has 0 N–H and O–H groups in total. The van der Waals surface area contributed by atoms with Crippen LogP contribution in [0.3, 0.4) is 0 Å². The molecule has 11 rings (SSSR count). The number of para-hydroxylation sites is 1. The molecule has 0 aliphatic carbocycles. The van der Waals surface area contributed by atoms with Crippen LogP contribution in [-0.2, 0) is 0 Å². The molecule has 11 aromatic rings. The highest BCUT2D eigenvalue weighted by molar-refractivity contribution is 7.25. The fourth-order valence-corrected chi connectivity index (χ4v) is 9.83. The fourth-order valence-electron chi connectivity index (χ4n) is 8.74. The lowest BCUT2D eigenvalue weighted by Crippen LogP contribution is -2.11. The van der Waals surface area contributed by atoms with Crippen LogP contribution in [0.1, 0.15) is 0 Å².